The zero-order chi connectivity index (χ0) is 14.9. The van der Waals surface area contributed by atoms with Crippen LogP contribution in [0.4, 0.5) is 5.69 Å². The Morgan fingerprint density at radius 2 is 2.20 bits per heavy atom. The van der Waals surface area contributed by atoms with Gasteiger partial charge in [0, 0.05) is 30.5 Å². The van der Waals surface area contributed by atoms with Gasteiger partial charge in [-0.05, 0) is 18.2 Å². The van der Waals surface area contributed by atoms with Crippen molar-refractivity contribution in [2.45, 2.75) is 12.5 Å². The molecule has 1 amide bonds. The lowest BCUT2D eigenvalue weighted by Crippen LogP contribution is -2.37. The van der Waals surface area contributed by atoms with Crippen LogP contribution < -0.4 is 0 Å². The quantitative estimate of drug-likeness (QED) is 0.627. The number of carbonyl (C=O) groups excluding carboxylic acids is 1. The van der Waals surface area contributed by atoms with Crippen LogP contribution in [0.25, 0.3) is 0 Å². The van der Waals surface area contributed by atoms with Gasteiger partial charge in [0.25, 0.3) is 11.6 Å². The van der Waals surface area contributed by atoms with Crippen molar-refractivity contribution in [1.29, 1.82) is 0 Å². The Hall–Kier alpha value is -0.980. The van der Waals surface area contributed by atoms with Crippen LogP contribution in [0.15, 0.2) is 12.1 Å². The van der Waals surface area contributed by atoms with E-state index in [1.807, 2.05) is 0 Å². The van der Waals surface area contributed by atoms with Gasteiger partial charge in [-0.3, -0.25) is 14.9 Å². The highest BCUT2D eigenvalue weighted by molar-refractivity contribution is 7.99. The number of rotatable bonds is 3. The van der Waals surface area contributed by atoms with E-state index in [9.17, 15) is 14.9 Å². The van der Waals surface area contributed by atoms with E-state index in [1.165, 1.54) is 12.1 Å². The van der Waals surface area contributed by atoms with Gasteiger partial charge >= 0.3 is 0 Å². The molecule has 8 heteroatoms. The monoisotopic (exact) mass is 334 g/mol. The van der Waals surface area contributed by atoms with Crippen LogP contribution in [0.3, 0.4) is 0 Å². The number of thioether (sulfide) groups is 1. The minimum atomic E-state index is -0.642. The fourth-order valence-corrected chi connectivity index (χ4v) is 3.69. The molecule has 0 saturated carbocycles. The first kappa shape index (κ1) is 15.4. The second kappa shape index (κ2) is 6.20. The van der Waals surface area contributed by atoms with Crippen molar-refractivity contribution in [2.75, 3.05) is 18.6 Å². The predicted molar refractivity (Wildman–Crippen MR) is 80.9 cm³/mol. The third kappa shape index (κ3) is 3.02. The number of carbonyl (C=O) groups is 1. The largest absolute Gasteiger partial charge is 0.338 e. The normalized spacial score (nSPS) is 18.1. The molecule has 1 aromatic rings. The molecule has 0 N–H and O–H groups in total. The maximum Gasteiger partial charge on any atom is 0.290 e. The lowest BCUT2D eigenvalue weighted by atomic mass is 10.1. The SMILES string of the molecule is CN(C(=O)c1cc(Cl)c(Cl)c([N+](=O)[O-])c1)C1CCSC1. The average molecular weight is 335 g/mol. The maximum atomic E-state index is 12.4. The van der Waals surface area contributed by atoms with E-state index in [0.29, 0.717) is 0 Å². The Kier molecular flexibility index (Phi) is 4.78. The minimum Gasteiger partial charge on any atom is -0.338 e. The van der Waals surface area contributed by atoms with Crippen molar-refractivity contribution in [2.24, 2.45) is 0 Å². The van der Waals surface area contributed by atoms with E-state index >= 15 is 0 Å². The Labute approximate surface area is 130 Å². The summed E-state index contributed by atoms with van der Waals surface area (Å²) >= 11 is 13.4. The molecule has 0 bridgehead atoms. The Bertz CT molecular complexity index is 562. The summed E-state index contributed by atoms with van der Waals surface area (Å²) in [5.74, 6) is 1.62. The number of halogens is 2. The molecular weight excluding hydrogens is 323 g/mol. The van der Waals surface area contributed by atoms with Gasteiger partial charge in [0.15, 0.2) is 0 Å². The summed E-state index contributed by atoms with van der Waals surface area (Å²) < 4.78 is 0. The van der Waals surface area contributed by atoms with Crippen molar-refractivity contribution >= 4 is 46.6 Å². The molecule has 20 heavy (non-hydrogen) atoms. The first-order chi connectivity index (χ1) is 9.41. The van der Waals surface area contributed by atoms with E-state index in [-0.39, 0.29) is 33.2 Å². The standard InChI is InChI=1S/C12H12Cl2N2O3S/c1-15(8-2-3-20-6-8)12(17)7-4-9(13)11(14)10(5-7)16(18)19/h4-5,8H,2-3,6H2,1H3. The molecule has 1 aliphatic heterocycles. The second-order valence-electron chi connectivity index (χ2n) is 4.48. The molecule has 1 heterocycles. The number of hydrogen-bond acceptors (Lipinski definition) is 4. The van der Waals surface area contributed by atoms with E-state index in [2.05, 4.69) is 0 Å². The highest BCUT2D eigenvalue weighted by Crippen LogP contribution is 2.34. The summed E-state index contributed by atoms with van der Waals surface area (Å²) in [6.45, 7) is 0. The summed E-state index contributed by atoms with van der Waals surface area (Å²) in [5, 5.41) is 10.8. The molecule has 1 unspecified atom stereocenters. The van der Waals surface area contributed by atoms with Crippen molar-refractivity contribution in [3.8, 4) is 0 Å². The number of nitro groups is 1. The highest BCUT2D eigenvalue weighted by Gasteiger charge is 2.27. The van der Waals surface area contributed by atoms with Crippen molar-refractivity contribution in [3.05, 3.63) is 37.9 Å². The van der Waals surface area contributed by atoms with Crippen LogP contribution in [0.5, 0.6) is 0 Å². The molecule has 0 aliphatic carbocycles. The van der Waals surface area contributed by atoms with E-state index in [1.54, 1.807) is 23.7 Å². The lowest BCUT2D eigenvalue weighted by Gasteiger charge is -2.23. The second-order valence-corrected chi connectivity index (χ2v) is 6.42. The Balaban J connectivity index is 2.32. The zero-order valence-electron chi connectivity index (χ0n) is 10.6. The van der Waals surface area contributed by atoms with E-state index in [0.717, 1.165) is 17.9 Å². The van der Waals surface area contributed by atoms with Crippen LogP contribution in [0.1, 0.15) is 16.8 Å². The summed E-state index contributed by atoms with van der Waals surface area (Å²) in [6.07, 6.45) is 0.927. The molecule has 1 aromatic carbocycles. The van der Waals surface area contributed by atoms with Gasteiger partial charge in [-0.2, -0.15) is 11.8 Å². The molecule has 1 saturated heterocycles. The van der Waals surface area contributed by atoms with Gasteiger partial charge in [0.2, 0.25) is 0 Å². The van der Waals surface area contributed by atoms with Gasteiger partial charge in [0.05, 0.1) is 9.95 Å². The first-order valence-electron chi connectivity index (χ1n) is 5.90. The van der Waals surface area contributed by atoms with Gasteiger partial charge < -0.3 is 4.90 Å². The number of hydrogen-bond donors (Lipinski definition) is 0. The van der Waals surface area contributed by atoms with E-state index < -0.39 is 4.92 Å². The van der Waals surface area contributed by atoms with Gasteiger partial charge in [-0.15, -0.1) is 0 Å². The van der Waals surface area contributed by atoms with Crippen LogP contribution >= 0.6 is 35.0 Å². The predicted octanol–water partition coefficient (Wildman–Crippen LogP) is 3.48. The Morgan fingerprint density at radius 1 is 1.50 bits per heavy atom. The third-order valence-electron chi connectivity index (χ3n) is 3.23. The zero-order valence-corrected chi connectivity index (χ0v) is 13.0. The molecule has 0 spiro atoms. The smallest absolute Gasteiger partial charge is 0.290 e. The molecule has 108 valence electrons. The molecule has 0 radical (unpaired) electrons. The number of nitrogens with zero attached hydrogens (tertiary/aromatic N) is 2. The van der Waals surface area contributed by atoms with Crippen LogP contribution in [-0.2, 0) is 0 Å². The highest BCUT2D eigenvalue weighted by atomic mass is 35.5. The average Bonchev–Trinajstić information content (AvgIpc) is 2.93. The summed E-state index contributed by atoms with van der Waals surface area (Å²) in [7, 11) is 1.70. The van der Waals surface area contributed by atoms with Gasteiger partial charge in [-0.25, -0.2) is 0 Å². The van der Waals surface area contributed by atoms with Crippen LogP contribution in [0, 0.1) is 10.1 Å². The van der Waals surface area contributed by atoms with E-state index in [4.69, 9.17) is 23.2 Å². The van der Waals surface area contributed by atoms with Crippen molar-refractivity contribution < 1.29 is 9.72 Å². The minimum absolute atomic E-state index is 0.0124. The van der Waals surface area contributed by atoms with Crippen molar-refractivity contribution in [1.82, 2.24) is 4.90 Å². The fourth-order valence-electron chi connectivity index (χ4n) is 2.03. The fraction of sp³-hybridized carbons (Fsp3) is 0.417. The van der Waals surface area contributed by atoms with Crippen LogP contribution in [0.2, 0.25) is 10.0 Å². The van der Waals surface area contributed by atoms with Gasteiger partial charge in [-0.1, -0.05) is 23.2 Å². The maximum absolute atomic E-state index is 12.4. The summed E-state index contributed by atoms with van der Waals surface area (Å²) in [4.78, 5) is 24.2. The van der Waals surface area contributed by atoms with Crippen LogP contribution in [-0.4, -0.2) is 40.3 Å². The summed E-state index contributed by atoms with van der Waals surface area (Å²) in [6, 6.07) is 2.70. The first-order valence-corrected chi connectivity index (χ1v) is 7.81. The third-order valence-corrected chi connectivity index (χ3v) is 5.16. The number of nitro benzene ring substituents is 1. The Morgan fingerprint density at radius 3 is 2.75 bits per heavy atom. The van der Waals surface area contributed by atoms with Crippen molar-refractivity contribution in [3.63, 3.8) is 0 Å². The molecule has 5 nitrogen and oxygen atoms in total. The molecule has 1 fully saturated rings. The molecular formula is C12H12Cl2N2O3S. The topological polar surface area (TPSA) is 63.5 Å². The molecule has 0 aromatic heterocycles. The molecule has 1 aliphatic rings. The number of amides is 1. The summed E-state index contributed by atoms with van der Waals surface area (Å²) in [5.41, 5.74) is -0.165. The molecule has 1 atom stereocenters. The molecule has 2 rings (SSSR count). The number of benzene rings is 1. The lowest BCUT2D eigenvalue weighted by molar-refractivity contribution is -0.384. The van der Waals surface area contributed by atoms with Gasteiger partial charge in [0.1, 0.15) is 5.02 Å².